The lowest BCUT2D eigenvalue weighted by molar-refractivity contribution is -0.916. The number of hydrogen-bond donors (Lipinski definition) is 0. The van der Waals surface area contributed by atoms with Gasteiger partial charge < -0.3 is 35.2 Å². The number of methoxy groups -OCH3 is 2. The van der Waals surface area contributed by atoms with E-state index in [2.05, 4.69) is 14.1 Å². The Morgan fingerprint density at radius 3 is 1.30 bits per heavy atom. The molecule has 0 atom stereocenters. The van der Waals surface area contributed by atoms with Gasteiger partial charge in [-0.1, -0.05) is 60.7 Å². The van der Waals surface area contributed by atoms with Crippen LogP contribution >= 0.6 is 0 Å². The summed E-state index contributed by atoms with van der Waals surface area (Å²) in [6, 6.07) is 26.5. The van der Waals surface area contributed by atoms with Crippen LogP contribution in [0.5, 0.6) is 11.5 Å². The third-order valence-electron chi connectivity index (χ3n) is 8.38. The molecule has 7 nitrogen and oxygen atoms in total. The molecule has 6 rings (SSSR count). The van der Waals surface area contributed by atoms with Crippen LogP contribution in [0.3, 0.4) is 0 Å². The van der Waals surface area contributed by atoms with Crippen LogP contribution in [-0.2, 0) is 13.1 Å². The molecule has 0 saturated heterocycles. The van der Waals surface area contributed by atoms with Crippen LogP contribution in [0.25, 0.3) is 44.6 Å². The Balaban J connectivity index is 0.00000417. The Kier molecular flexibility index (Phi) is 9.10. The lowest BCUT2D eigenvalue weighted by Gasteiger charge is -2.31. The van der Waals surface area contributed by atoms with Crippen LogP contribution in [0.15, 0.2) is 103 Å². The zero-order valence-electron chi connectivity index (χ0n) is 26.8. The van der Waals surface area contributed by atoms with Crippen molar-refractivity contribution in [2.45, 2.75) is 26.9 Å². The number of rotatable bonds is 8. The zero-order chi connectivity index (χ0) is 31.9. The van der Waals surface area contributed by atoms with Gasteiger partial charge in [0.1, 0.15) is 36.1 Å². The monoisotopic (exact) mass is 637 g/mol. The average Bonchev–Trinajstić information content (AvgIpc) is 3.05. The number of ether oxygens (including phenoxy) is 2. The topological polar surface area (TPSA) is 78.9 Å². The summed E-state index contributed by atoms with van der Waals surface area (Å²) in [6.45, 7) is 4.48. The summed E-state index contributed by atoms with van der Waals surface area (Å²) in [6.07, 6.45) is 0. The molecule has 0 amide bonds. The summed E-state index contributed by atoms with van der Waals surface area (Å²) in [5, 5.41) is 0.999. The van der Waals surface area contributed by atoms with Gasteiger partial charge in [-0.05, 0) is 38.1 Å². The van der Waals surface area contributed by atoms with E-state index in [0.717, 1.165) is 22.3 Å². The molecule has 0 unspecified atom stereocenters. The third kappa shape index (κ3) is 5.80. The average molecular weight is 638 g/mol. The van der Waals surface area contributed by atoms with Crippen LogP contribution in [0.1, 0.15) is 22.3 Å². The molecular weight excluding hydrogens is 602 g/mol. The van der Waals surface area contributed by atoms with Gasteiger partial charge in [0.25, 0.3) is 0 Å². The minimum Gasteiger partial charge on any atom is -1.00 e. The highest BCUT2D eigenvalue weighted by Gasteiger charge is 2.28. The quantitative estimate of drug-likeness (QED) is 0.226. The highest BCUT2D eigenvalue weighted by Crippen LogP contribution is 2.37. The molecule has 0 aliphatic carbocycles. The van der Waals surface area contributed by atoms with Gasteiger partial charge in [0.2, 0.25) is 0 Å². The van der Waals surface area contributed by atoms with Crippen molar-refractivity contribution in [1.82, 2.24) is 0 Å². The summed E-state index contributed by atoms with van der Waals surface area (Å²) in [5.41, 5.74) is 5.15. The van der Waals surface area contributed by atoms with E-state index in [1.165, 1.54) is 0 Å². The fourth-order valence-electron chi connectivity index (χ4n) is 6.10. The van der Waals surface area contributed by atoms with Crippen molar-refractivity contribution in [2.75, 3.05) is 28.3 Å². The summed E-state index contributed by atoms with van der Waals surface area (Å²) in [4.78, 5) is 27.2. The second-order valence-electron chi connectivity index (χ2n) is 12.0. The predicted molar refractivity (Wildman–Crippen MR) is 178 cm³/mol. The zero-order valence-corrected chi connectivity index (χ0v) is 27.5. The highest BCUT2D eigenvalue weighted by molar-refractivity contribution is 5.86. The van der Waals surface area contributed by atoms with Gasteiger partial charge in [-0.3, -0.25) is 9.59 Å². The Bertz CT molecular complexity index is 2010. The lowest BCUT2D eigenvalue weighted by Crippen LogP contribution is -3.00. The van der Waals surface area contributed by atoms with Gasteiger partial charge >= 0.3 is 0 Å². The van der Waals surface area contributed by atoms with Crippen molar-refractivity contribution in [1.29, 1.82) is 0 Å². The van der Waals surface area contributed by atoms with Crippen molar-refractivity contribution < 1.29 is 35.2 Å². The van der Waals surface area contributed by atoms with E-state index >= 15 is 0 Å². The molecule has 2 aromatic heterocycles. The Morgan fingerprint density at radius 1 is 0.587 bits per heavy atom. The SMILES string of the molecule is COc1ccc2c(=O)c(C)c(-c3ccccc3)oc2c1C[N+](C)(C)Cc1c(OC)ccc2c(=O)c(C)c(-c3ccccc3)oc12.[Cl-]. The first-order chi connectivity index (χ1) is 21.6. The van der Waals surface area contributed by atoms with E-state index in [0.29, 0.717) is 73.7 Å². The lowest BCUT2D eigenvalue weighted by atomic mass is 10.0. The van der Waals surface area contributed by atoms with Crippen LogP contribution in [-0.4, -0.2) is 32.8 Å². The molecule has 0 bridgehead atoms. The maximum absolute atomic E-state index is 13.6. The largest absolute Gasteiger partial charge is 1.00 e. The molecule has 46 heavy (non-hydrogen) atoms. The Hall–Kier alpha value is -4.85. The van der Waals surface area contributed by atoms with E-state index in [1.807, 2.05) is 72.8 Å². The van der Waals surface area contributed by atoms with Crippen molar-refractivity contribution in [3.8, 4) is 34.1 Å². The molecule has 0 radical (unpaired) electrons. The molecule has 0 aliphatic heterocycles. The second kappa shape index (κ2) is 12.9. The second-order valence-corrected chi connectivity index (χ2v) is 12.0. The standard InChI is InChI=1S/C38H36NO6.ClH/c1-23-33(40)27-17-19-31(42-5)29(37(27)44-35(23)25-13-9-7-10-14-25)21-39(3,4)22-30-32(43-6)20-18-28-34(41)24(2)36(45-38(28)30)26-15-11-8-12-16-26;/h7-20H,21-22H2,1-6H3;1H/q+1;/p-1. The smallest absolute Gasteiger partial charge is 0.196 e. The summed E-state index contributed by atoms with van der Waals surface area (Å²) < 4.78 is 25.2. The van der Waals surface area contributed by atoms with Gasteiger partial charge in [0.05, 0.1) is 50.2 Å². The fraction of sp³-hybridized carbons (Fsp3) is 0.211. The van der Waals surface area contributed by atoms with E-state index in [9.17, 15) is 9.59 Å². The van der Waals surface area contributed by atoms with Crippen molar-refractivity contribution in [2.24, 2.45) is 0 Å². The van der Waals surface area contributed by atoms with Crippen LogP contribution < -0.4 is 32.7 Å². The molecule has 0 fully saturated rings. The molecule has 0 N–H and O–H groups in total. The maximum Gasteiger partial charge on any atom is 0.196 e. The number of nitrogens with zero attached hydrogens (tertiary/aromatic N) is 1. The molecule has 0 spiro atoms. The molecule has 2 heterocycles. The van der Waals surface area contributed by atoms with Crippen molar-refractivity contribution in [3.05, 3.63) is 128 Å². The Morgan fingerprint density at radius 2 is 0.957 bits per heavy atom. The van der Waals surface area contributed by atoms with Gasteiger partial charge in [0, 0.05) is 22.3 Å². The molecule has 8 heteroatoms. The van der Waals surface area contributed by atoms with E-state index < -0.39 is 0 Å². The van der Waals surface area contributed by atoms with Crippen LogP contribution in [0.4, 0.5) is 0 Å². The number of quaternary nitrogens is 1. The molecule has 6 aromatic rings. The molecule has 0 saturated carbocycles. The van der Waals surface area contributed by atoms with E-state index in [4.69, 9.17) is 18.3 Å². The van der Waals surface area contributed by atoms with Crippen LogP contribution in [0.2, 0.25) is 0 Å². The van der Waals surface area contributed by atoms with E-state index in [-0.39, 0.29) is 23.3 Å². The summed E-state index contributed by atoms with van der Waals surface area (Å²) in [7, 11) is 7.38. The first-order valence-electron chi connectivity index (χ1n) is 14.8. The molecule has 236 valence electrons. The minimum absolute atomic E-state index is 0. The van der Waals surface area contributed by atoms with Gasteiger partial charge in [-0.25, -0.2) is 0 Å². The van der Waals surface area contributed by atoms with Gasteiger partial charge in [0.15, 0.2) is 22.0 Å². The van der Waals surface area contributed by atoms with Crippen molar-refractivity contribution >= 4 is 21.9 Å². The molecule has 4 aromatic carbocycles. The third-order valence-corrected chi connectivity index (χ3v) is 8.38. The predicted octanol–water partition coefficient (Wildman–Crippen LogP) is 4.65. The first kappa shape index (κ1) is 32.5. The number of benzene rings is 4. The van der Waals surface area contributed by atoms with E-state index in [1.54, 1.807) is 40.2 Å². The molecular formula is C38H36ClNO6. The fourth-order valence-corrected chi connectivity index (χ4v) is 6.10. The van der Waals surface area contributed by atoms with Crippen LogP contribution in [0, 0.1) is 13.8 Å². The van der Waals surface area contributed by atoms with Gasteiger partial charge in [-0.2, -0.15) is 0 Å². The van der Waals surface area contributed by atoms with Gasteiger partial charge in [-0.15, -0.1) is 0 Å². The highest BCUT2D eigenvalue weighted by atomic mass is 35.5. The number of fused-ring (bicyclic) bond motifs is 2. The summed E-state index contributed by atoms with van der Waals surface area (Å²) >= 11 is 0. The normalized spacial score (nSPS) is 11.4. The minimum atomic E-state index is -0.0781. The Labute approximate surface area is 273 Å². The first-order valence-corrected chi connectivity index (χ1v) is 14.8. The maximum atomic E-state index is 13.6. The number of hydrogen-bond acceptors (Lipinski definition) is 6. The molecule has 0 aliphatic rings. The summed E-state index contributed by atoms with van der Waals surface area (Å²) in [5.74, 6) is 2.32. The van der Waals surface area contributed by atoms with Crippen molar-refractivity contribution in [3.63, 3.8) is 0 Å². The number of halogens is 1.